The fourth-order valence-corrected chi connectivity index (χ4v) is 3.59. The van der Waals surface area contributed by atoms with E-state index in [9.17, 15) is 31.5 Å². The summed E-state index contributed by atoms with van der Waals surface area (Å²) in [7, 11) is 1.45. The van der Waals surface area contributed by atoms with E-state index in [0.29, 0.717) is 22.8 Å². The van der Waals surface area contributed by atoms with Crippen molar-refractivity contribution in [3.05, 3.63) is 95.7 Å². The predicted octanol–water partition coefficient (Wildman–Crippen LogP) is 4.96. The molecule has 2 aromatic carbocycles. The summed E-state index contributed by atoms with van der Waals surface area (Å²) >= 11 is 0. The number of amides is 2. The second-order valence-electron chi connectivity index (χ2n) is 7.60. The molecular weight excluding hydrogens is 483 g/mol. The van der Waals surface area contributed by atoms with Gasteiger partial charge in [-0.2, -0.15) is 13.2 Å². The minimum absolute atomic E-state index is 0.0863. The minimum atomic E-state index is -5.22. The molecule has 0 saturated carbocycles. The summed E-state index contributed by atoms with van der Waals surface area (Å²) in [5.41, 5.74) is 1.30. The van der Waals surface area contributed by atoms with Crippen LogP contribution < -0.4 is 10.6 Å². The molecule has 0 saturated heterocycles. The number of hydrogen-bond acceptors (Lipinski definition) is 3. The van der Waals surface area contributed by atoms with Gasteiger partial charge in [0.05, 0.1) is 5.69 Å². The van der Waals surface area contributed by atoms with Crippen LogP contribution in [-0.4, -0.2) is 34.4 Å². The average Bonchev–Trinajstić information content (AvgIpc) is 3.18. The number of benzene rings is 2. The molecule has 2 heterocycles. The Labute approximate surface area is 201 Å². The van der Waals surface area contributed by atoms with Crippen molar-refractivity contribution in [2.75, 3.05) is 12.4 Å². The zero-order valence-corrected chi connectivity index (χ0v) is 18.5. The fraction of sp³-hybridized carbons (Fsp3) is 0.0800. The highest BCUT2D eigenvalue weighted by Crippen LogP contribution is 2.33. The van der Waals surface area contributed by atoms with E-state index in [1.807, 2.05) is 0 Å². The molecule has 0 bridgehead atoms. The Morgan fingerprint density at radius 2 is 1.61 bits per heavy atom. The molecule has 0 aliphatic carbocycles. The molecular formula is C25H17F5N4O2. The first-order valence-corrected chi connectivity index (χ1v) is 10.4. The zero-order chi connectivity index (χ0) is 26.0. The molecule has 0 radical (unpaired) electrons. The Kier molecular flexibility index (Phi) is 6.56. The van der Waals surface area contributed by atoms with Crippen LogP contribution in [0.15, 0.2) is 72.9 Å². The van der Waals surface area contributed by atoms with Gasteiger partial charge in [-0.15, -0.1) is 0 Å². The number of halogens is 5. The number of anilines is 1. The normalized spacial score (nSPS) is 12.0. The van der Waals surface area contributed by atoms with Gasteiger partial charge < -0.3 is 10.6 Å². The van der Waals surface area contributed by atoms with Crippen LogP contribution in [0.1, 0.15) is 11.1 Å². The summed E-state index contributed by atoms with van der Waals surface area (Å²) in [5, 5.41) is 4.17. The van der Waals surface area contributed by atoms with Gasteiger partial charge in [0.2, 0.25) is 5.91 Å². The van der Waals surface area contributed by atoms with Gasteiger partial charge in [0.1, 0.15) is 17.3 Å². The summed E-state index contributed by atoms with van der Waals surface area (Å²) in [5.74, 6) is -5.21. The molecule has 2 N–H and O–H groups in total. The number of pyridine rings is 1. The van der Waals surface area contributed by atoms with Crippen LogP contribution in [0.5, 0.6) is 0 Å². The molecule has 4 aromatic rings. The molecule has 6 nitrogen and oxygen atoms in total. The lowest BCUT2D eigenvalue weighted by atomic mass is 9.98. The van der Waals surface area contributed by atoms with Crippen molar-refractivity contribution in [1.82, 2.24) is 14.7 Å². The number of hydrogen-bond donors (Lipinski definition) is 2. The monoisotopic (exact) mass is 500 g/mol. The number of likely N-dealkylation sites (N-methyl/N-ethyl adjacent to an activating group) is 1. The Hall–Kier alpha value is -4.54. The van der Waals surface area contributed by atoms with Crippen LogP contribution >= 0.6 is 0 Å². The van der Waals surface area contributed by atoms with Crippen LogP contribution in [0.2, 0.25) is 0 Å². The van der Waals surface area contributed by atoms with Crippen molar-refractivity contribution in [3.8, 4) is 11.3 Å². The molecule has 4 rings (SSSR count). The highest BCUT2D eigenvalue weighted by Gasteiger charge is 2.39. The first-order chi connectivity index (χ1) is 17.1. The molecule has 2 aromatic heterocycles. The fourth-order valence-electron chi connectivity index (χ4n) is 3.59. The van der Waals surface area contributed by atoms with Crippen LogP contribution in [-0.2, 0) is 9.59 Å². The molecule has 0 aliphatic heterocycles. The Balaban J connectivity index is 1.97. The van der Waals surface area contributed by atoms with Gasteiger partial charge in [0, 0.05) is 31.0 Å². The van der Waals surface area contributed by atoms with E-state index in [4.69, 9.17) is 0 Å². The third-order valence-corrected chi connectivity index (χ3v) is 5.16. The smallest absolute Gasteiger partial charge is 0.356 e. The van der Waals surface area contributed by atoms with Gasteiger partial charge in [0.25, 0.3) is 0 Å². The van der Waals surface area contributed by atoms with Crippen LogP contribution in [0, 0.1) is 11.6 Å². The first-order valence-electron chi connectivity index (χ1n) is 10.4. The van der Waals surface area contributed by atoms with E-state index in [1.165, 1.54) is 29.8 Å². The second-order valence-corrected chi connectivity index (χ2v) is 7.60. The molecule has 0 fully saturated rings. The third-order valence-electron chi connectivity index (χ3n) is 5.16. The number of carbonyl (C=O) groups is 2. The quantitative estimate of drug-likeness (QED) is 0.301. The van der Waals surface area contributed by atoms with Gasteiger partial charge in [-0.05, 0) is 41.0 Å². The number of nitrogens with one attached hydrogen (secondary N) is 2. The number of imidazole rings is 1. The van der Waals surface area contributed by atoms with Crippen LogP contribution in [0.25, 0.3) is 22.5 Å². The van der Waals surface area contributed by atoms with Gasteiger partial charge >= 0.3 is 12.1 Å². The van der Waals surface area contributed by atoms with Crippen molar-refractivity contribution in [1.29, 1.82) is 0 Å². The largest absolute Gasteiger partial charge is 0.471 e. The van der Waals surface area contributed by atoms with E-state index in [0.717, 1.165) is 12.1 Å². The lowest BCUT2D eigenvalue weighted by Gasteiger charge is -2.12. The SMILES string of the molecule is CNC(=O)/C=C(\c1ccccc1)c1ccc2nc(NC(=O)C(F)(F)F)c(-c3cc(F)cc(F)c3)n2c1. The molecule has 0 atom stereocenters. The summed E-state index contributed by atoms with van der Waals surface area (Å²) in [6, 6.07) is 14.2. The molecule has 0 spiro atoms. The van der Waals surface area contributed by atoms with Crippen molar-refractivity contribution < 1.29 is 31.5 Å². The number of fused-ring (bicyclic) bond motifs is 1. The van der Waals surface area contributed by atoms with Gasteiger partial charge in [0.15, 0.2) is 5.82 Å². The third kappa shape index (κ3) is 5.09. The van der Waals surface area contributed by atoms with E-state index < -0.39 is 35.4 Å². The Morgan fingerprint density at radius 3 is 2.22 bits per heavy atom. The molecule has 36 heavy (non-hydrogen) atoms. The predicted molar refractivity (Wildman–Crippen MR) is 123 cm³/mol. The summed E-state index contributed by atoms with van der Waals surface area (Å²) < 4.78 is 68.2. The van der Waals surface area contributed by atoms with E-state index >= 15 is 0 Å². The van der Waals surface area contributed by atoms with E-state index in [-0.39, 0.29) is 16.9 Å². The molecule has 11 heteroatoms. The zero-order valence-electron chi connectivity index (χ0n) is 18.5. The van der Waals surface area contributed by atoms with Crippen molar-refractivity contribution >= 4 is 28.9 Å². The van der Waals surface area contributed by atoms with E-state index in [1.54, 1.807) is 41.7 Å². The van der Waals surface area contributed by atoms with Crippen LogP contribution in [0.3, 0.4) is 0 Å². The summed E-state index contributed by atoms with van der Waals surface area (Å²) in [6.45, 7) is 0. The highest BCUT2D eigenvalue weighted by atomic mass is 19.4. The number of nitrogens with zero attached hydrogens (tertiary/aromatic N) is 2. The van der Waals surface area contributed by atoms with Crippen molar-refractivity contribution in [3.63, 3.8) is 0 Å². The maximum atomic E-state index is 14.0. The maximum absolute atomic E-state index is 14.0. The van der Waals surface area contributed by atoms with Gasteiger partial charge in [-0.25, -0.2) is 13.8 Å². The lowest BCUT2D eigenvalue weighted by Crippen LogP contribution is -2.30. The Bertz CT molecular complexity index is 1470. The van der Waals surface area contributed by atoms with Crippen molar-refractivity contribution in [2.45, 2.75) is 6.18 Å². The topological polar surface area (TPSA) is 75.5 Å². The number of rotatable bonds is 5. The first kappa shape index (κ1) is 24.6. The lowest BCUT2D eigenvalue weighted by molar-refractivity contribution is -0.167. The molecule has 2 amide bonds. The van der Waals surface area contributed by atoms with Gasteiger partial charge in [-0.3, -0.25) is 14.0 Å². The van der Waals surface area contributed by atoms with Crippen molar-refractivity contribution in [2.24, 2.45) is 0 Å². The number of aromatic nitrogens is 2. The second kappa shape index (κ2) is 9.61. The summed E-state index contributed by atoms with van der Waals surface area (Å²) in [4.78, 5) is 27.9. The molecule has 0 unspecified atom stereocenters. The maximum Gasteiger partial charge on any atom is 0.471 e. The Morgan fingerprint density at radius 1 is 0.944 bits per heavy atom. The number of carbonyl (C=O) groups excluding carboxylic acids is 2. The average molecular weight is 500 g/mol. The van der Waals surface area contributed by atoms with Gasteiger partial charge in [-0.1, -0.05) is 30.3 Å². The van der Waals surface area contributed by atoms with E-state index in [2.05, 4.69) is 10.3 Å². The number of alkyl halides is 3. The molecule has 0 aliphatic rings. The minimum Gasteiger partial charge on any atom is -0.356 e. The highest BCUT2D eigenvalue weighted by molar-refractivity contribution is 6.00. The standard InChI is InChI=1S/C25H17F5N4O2/c1-31-21(35)12-19(14-5-3-2-4-6-14)15-7-8-20-32-23(33-24(36)25(28,29)30)22(34(20)13-15)16-9-17(26)11-18(27)10-16/h2-13H,1H3,(H,31,35)(H,33,36)/b19-12+. The molecule has 184 valence electrons. The van der Waals surface area contributed by atoms with Crippen LogP contribution in [0.4, 0.5) is 27.8 Å². The summed E-state index contributed by atoms with van der Waals surface area (Å²) in [6.07, 6.45) is -2.44.